The minimum atomic E-state index is -0.328. The molecule has 2 aromatic heterocycles. The van der Waals surface area contributed by atoms with Crippen LogP contribution in [0.25, 0.3) is 40.0 Å². The van der Waals surface area contributed by atoms with E-state index in [9.17, 15) is 4.79 Å². The lowest BCUT2D eigenvalue weighted by Gasteiger charge is -2.07. The molecular formula is C28H20Cl2N2O5. The normalized spacial score (nSPS) is 11.2. The summed E-state index contributed by atoms with van der Waals surface area (Å²) in [5.74, 6) is 2.35. The third-order valence-electron chi connectivity index (χ3n) is 5.51. The number of furan rings is 1. The number of anilines is 1. The second kappa shape index (κ2) is 10.4. The Balaban J connectivity index is 1.29. The van der Waals surface area contributed by atoms with Gasteiger partial charge in [0, 0.05) is 27.9 Å². The molecule has 186 valence electrons. The molecule has 1 amide bonds. The number of carbonyl (C=O) groups is 1. The Morgan fingerprint density at radius 3 is 2.54 bits per heavy atom. The number of halogens is 2. The van der Waals surface area contributed by atoms with Gasteiger partial charge < -0.3 is 23.6 Å². The third-order valence-corrected chi connectivity index (χ3v) is 6.06. The summed E-state index contributed by atoms with van der Waals surface area (Å²) in [7, 11) is 3.14. The maximum absolute atomic E-state index is 12.5. The van der Waals surface area contributed by atoms with Crippen molar-refractivity contribution in [3.63, 3.8) is 0 Å². The van der Waals surface area contributed by atoms with Gasteiger partial charge in [0.2, 0.25) is 11.8 Å². The largest absolute Gasteiger partial charge is 0.493 e. The number of fused-ring (bicyclic) bond motifs is 1. The molecule has 0 unspecified atom stereocenters. The number of nitrogens with zero attached hydrogens (tertiary/aromatic N) is 1. The smallest absolute Gasteiger partial charge is 0.248 e. The molecule has 0 aliphatic carbocycles. The highest BCUT2D eigenvalue weighted by Gasteiger charge is 2.13. The van der Waals surface area contributed by atoms with Crippen LogP contribution in [0.5, 0.6) is 11.5 Å². The molecule has 1 N–H and O–H groups in total. The summed E-state index contributed by atoms with van der Waals surface area (Å²) in [5.41, 5.74) is 3.20. The highest BCUT2D eigenvalue weighted by molar-refractivity contribution is 6.36. The number of hydrogen-bond donors (Lipinski definition) is 1. The van der Waals surface area contributed by atoms with Crippen LogP contribution in [0.1, 0.15) is 5.76 Å². The van der Waals surface area contributed by atoms with E-state index < -0.39 is 0 Å². The van der Waals surface area contributed by atoms with Gasteiger partial charge in [-0.05, 0) is 72.8 Å². The number of nitrogens with one attached hydrogen (secondary N) is 1. The first-order valence-corrected chi connectivity index (χ1v) is 11.9. The summed E-state index contributed by atoms with van der Waals surface area (Å²) in [6.45, 7) is 0. The molecule has 0 radical (unpaired) electrons. The minimum absolute atomic E-state index is 0.328. The average Bonchev–Trinajstić information content (AvgIpc) is 3.54. The molecule has 5 aromatic rings. The van der Waals surface area contributed by atoms with E-state index in [0.717, 1.165) is 5.56 Å². The van der Waals surface area contributed by atoms with Gasteiger partial charge in [-0.25, -0.2) is 4.98 Å². The molecule has 0 aliphatic heterocycles. The molecule has 7 nitrogen and oxygen atoms in total. The number of rotatable bonds is 7. The molecule has 0 saturated heterocycles. The van der Waals surface area contributed by atoms with Gasteiger partial charge in [0.1, 0.15) is 17.0 Å². The number of ether oxygens (including phenoxy) is 2. The fraction of sp³-hybridized carbons (Fsp3) is 0.0714. The number of hydrogen-bond acceptors (Lipinski definition) is 6. The molecule has 0 spiro atoms. The van der Waals surface area contributed by atoms with E-state index in [2.05, 4.69) is 10.3 Å². The summed E-state index contributed by atoms with van der Waals surface area (Å²) in [5, 5.41) is 3.84. The van der Waals surface area contributed by atoms with E-state index in [1.54, 1.807) is 81.0 Å². The van der Waals surface area contributed by atoms with Crippen molar-refractivity contribution < 1.29 is 23.1 Å². The summed E-state index contributed by atoms with van der Waals surface area (Å²) in [6, 6.07) is 19.3. The topological polar surface area (TPSA) is 86.7 Å². The van der Waals surface area contributed by atoms with Crippen molar-refractivity contribution in [1.82, 2.24) is 4.98 Å². The first kappa shape index (κ1) is 24.5. The Morgan fingerprint density at radius 2 is 1.76 bits per heavy atom. The SMILES string of the molecule is COc1ccc(-c2nc3cc(NC(=O)/C=C/c4ccc(-c5ccc(Cl)cc5Cl)o4)ccc3o2)cc1OC. The van der Waals surface area contributed by atoms with Gasteiger partial charge in [-0.15, -0.1) is 0 Å². The average molecular weight is 535 g/mol. The van der Waals surface area contributed by atoms with Crippen LogP contribution >= 0.6 is 23.2 Å². The minimum Gasteiger partial charge on any atom is -0.493 e. The number of aromatic nitrogens is 1. The fourth-order valence-corrected chi connectivity index (χ4v) is 4.22. The molecule has 9 heteroatoms. The van der Waals surface area contributed by atoms with Gasteiger partial charge in [0.05, 0.1) is 19.2 Å². The zero-order valence-electron chi connectivity index (χ0n) is 19.7. The van der Waals surface area contributed by atoms with Crippen LogP contribution in [-0.4, -0.2) is 25.1 Å². The zero-order chi connectivity index (χ0) is 25.9. The lowest BCUT2D eigenvalue weighted by atomic mass is 10.2. The lowest BCUT2D eigenvalue weighted by Crippen LogP contribution is -2.07. The van der Waals surface area contributed by atoms with Crippen LogP contribution in [0, 0.1) is 0 Å². The number of carbonyl (C=O) groups excluding carboxylic acids is 1. The Morgan fingerprint density at radius 1 is 0.919 bits per heavy atom. The van der Waals surface area contributed by atoms with E-state index in [1.807, 2.05) is 6.07 Å². The van der Waals surface area contributed by atoms with E-state index in [1.165, 1.54) is 6.08 Å². The summed E-state index contributed by atoms with van der Waals surface area (Å²) < 4.78 is 22.3. The molecule has 0 bridgehead atoms. The van der Waals surface area contributed by atoms with E-state index in [-0.39, 0.29) is 5.91 Å². The predicted octanol–water partition coefficient (Wildman–Crippen LogP) is 7.73. The lowest BCUT2D eigenvalue weighted by molar-refractivity contribution is -0.111. The quantitative estimate of drug-likeness (QED) is 0.215. The summed E-state index contributed by atoms with van der Waals surface area (Å²) in [4.78, 5) is 17.1. The van der Waals surface area contributed by atoms with Crippen molar-refractivity contribution in [3.8, 4) is 34.3 Å². The van der Waals surface area contributed by atoms with E-state index >= 15 is 0 Å². The van der Waals surface area contributed by atoms with Crippen LogP contribution < -0.4 is 14.8 Å². The molecule has 37 heavy (non-hydrogen) atoms. The Kier molecular flexibility index (Phi) is 6.90. The van der Waals surface area contributed by atoms with Crippen LogP contribution in [-0.2, 0) is 4.79 Å². The Hall–Kier alpha value is -4.20. The molecule has 0 aliphatic rings. The van der Waals surface area contributed by atoms with Gasteiger partial charge in [-0.2, -0.15) is 0 Å². The van der Waals surface area contributed by atoms with Gasteiger partial charge in [0.15, 0.2) is 17.1 Å². The van der Waals surface area contributed by atoms with Crippen LogP contribution in [0.2, 0.25) is 10.0 Å². The van der Waals surface area contributed by atoms with Crippen molar-refractivity contribution >= 4 is 52.0 Å². The maximum Gasteiger partial charge on any atom is 0.248 e. The van der Waals surface area contributed by atoms with Crippen molar-refractivity contribution in [3.05, 3.63) is 88.6 Å². The van der Waals surface area contributed by atoms with Gasteiger partial charge in [-0.3, -0.25) is 4.79 Å². The summed E-state index contributed by atoms with van der Waals surface area (Å²) >= 11 is 12.2. The van der Waals surface area contributed by atoms with Crippen molar-refractivity contribution in [2.45, 2.75) is 0 Å². The zero-order valence-corrected chi connectivity index (χ0v) is 21.3. The first-order chi connectivity index (χ1) is 17.9. The summed E-state index contributed by atoms with van der Waals surface area (Å²) in [6.07, 6.45) is 2.96. The van der Waals surface area contributed by atoms with E-state index in [4.69, 9.17) is 41.5 Å². The molecule has 0 fully saturated rings. The van der Waals surface area contributed by atoms with Crippen LogP contribution in [0.3, 0.4) is 0 Å². The number of benzene rings is 3. The third kappa shape index (κ3) is 5.33. The fourth-order valence-electron chi connectivity index (χ4n) is 3.72. The monoisotopic (exact) mass is 534 g/mol. The highest BCUT2D eigenvalue weighted by Crippen LogP contribution is 2.34. The predicted molar refractivity (Wildman–Crippen MR) is 144 cm³/mol. The van der Waals surface area contributed by atoms with Gasteiger partial charge in [-0.1, -0.05) is 23.2 Å². The second-order valence-corrected chi connectivity index (χ2v) is 8.76. The standard InChI is InChI=1S/C28H20Cl2N2O5/c1-34-25-9-3-16(13-26(25)35-2)28-32-22-15-18(5-10-24(22)37-28)31-27(33)12-7-19-6-11-23(36-19)20-8-4-17(29)14-21(20)30/h3-15H,1-2H3,(H,31,33)/b12-7+. The van der Waals surface area contributed by atoms with Gasteiger partial charge >= 0.3 is 0 Å². The molecule has 5 rings (SSSR count). The second-order valence-electron chi connectivity index (χ2n) is 7.92. The van der Waals surface area contributed by atoms with Crippen molar-refractivity contribution in [2.24, 2.45) is 0 Å². The maximum atomic E-state index is 12.5. The number of amides is 1. The Bertz CT molecular complexity index is 1640. The number of methoxy groups -OCH3 is 2. The first-order valence-electron chi connectivity index (χ1n) is 11.1. The van der Waals surface area contributed by atoms with Gasteiger partial charge in [0.25, 0.3) is 0 Å². The molecule has 3 aromatic carbocycles. The van der Waals surface area contributed by atoms with Crippen molar-refractivity contribution in [1.29, 1.82) is 0 Å². The highest BCUT2D eigenvalue weighted by atomic mass is 35.5. The van der Waals surface area contributed by atoms with Crippen LogP contribution in [0.15, 0.2) is 81.6 Å². The van der Waals surface area contributed by atoms with Crippen molar-refractivity contribution in [2.75, 3.05) is 19.5 Å². The number of oxazole rings is 1. The molecule has 0 atom stereocenters. The molecule has 2 heterocycles. The Labute approximate surface area is 222 Å². The molecule has 0 saturated carbocycles. The molecular weight excluding hydrogens is 515 g/mol. The van der Waals surface area contributed by atoms with Crippen LogP contribution in [0.4, 0.5) is 5.69 Å². The van der Waals surface area contributed by atoms with E-state index in [0.29, 0.717) is 61.3 Å².